The number of likely N-dealkylation sites (N-methyl/N-ethyl adjacent to an activating group) is 1. The number of ether oxygens (including phenoxy) is 1. The summed E-state index contributed by atoms with van der Waals surface area (Å²) in [6.07, 6.45) is 2.90. The van der Waals surface area contributed by atoms with E-state index in [1.165, 1.54) is 17.0 Å². The van der Waals surface area contributed by atoms with Crippen LogP contribution in [0.1, 0.15) is 23.5 Å². The zero-order chi connectivity index (χ0) is 20.7. The predicted molar refractivity (Wildman–Crippen MR) is 119 cm³/mol. The Labute approximate surface area is 176 Å². The minimum absolute atomic E-state index is 0.0863. The van der Waals surface area contributed by atoms with Gasteiger partial charge in [0.05, 0.1) is 5.92 Å². The summed E-state index contributed by atoms with van der Waals surface area (Å²) in [4.78, 5) is 15.2. The van der Waals surface area contributed by atoms with Gasteiger partial charge < -0.3 is 9.64 Å². The molecular weight excluding hydrogens is 374 g/mol. The number of nitrogens with zero attached hydrogens (tertiary/aromatic N) is 3. The average Bonchev–Trinajstić information content (AvgIpc) is 3.04. The van der Waals surface area contributed by atoms with Crippen molar-refractivity contribution in [1.29, 1.82) is 0 Å². The van der Waals surface area contributed by atoms with Crippen LogP contribution in [0.25, 0.3) is 5.69 Å². The van der Waals surface area contributed by atoms with E-state index in [-0.39, 0.29) is 5.56 Å². The lowest BCUT2D eigenvalue weighted by molar-refractivity contribution is -0.403. The summed E-state index contributed by atoms with van der Waals surface area (Å²) in [6.45, 7) is 2.57. The fraction of sp³-hybridized carbons (Fsp3) is 0.280. The zero-order valence-corrected chi connectivity index (χ0v) is 17.4. The van der Waals surface area contributed by atoms with Crippen molar-refractivity contribution >= 4 is 11.4 Å². The van der Waals surface area contributed by atoms with Gasteiger partial charge in [-0.2, -0.15) is 0 Å². The van der Waals surface area contributed by atoms with Crippen molar-refractivity contribution < 1.29 is 9.31 Å². The summed E-state index contributed by atoms with van der Waals surface area (Å²) in [7, 11) is 4.33. The standard InChI is InChI=1S/C25H26N3O2/c1-26-12-11-24-22(16-26)21-14-19(8-9-23(21)27(24)2)28-13-10-20(15-25(28)29)30-17-18-6-4-3-5-7-18/h3-10,13-15,22H,11-12,16-17H2,1-2H3/q+1. The molecule has 0 aliphatic carbocycles. The number of piperidine rings is 1. The van der Waals surface area contributed by atoms with E-state index < -0.39 is 0 Å². The van der Waals surface area contributed by atoms with Crippen molar-refractivity contribution in [2.24, 2.45) is 0 Å². The van der Waals surface area contributed by atoms with Crippen molar-refractivity contribution in [3.8, 4) is 11.4 Å². The Bertz CT molecular complexity index is 1180. The van der Waals surface area contributed by atoms with E-state index in [9.17, 15) is 4.79 Å². The van der Waals surface area contributed by atoms with E-state index in [4.69, 9.17) is 4.74 Å². The average molecular weight is 401 g/mol. The topological polar surface area (TPSA) is 37.5 Å². The highest BCUT2D eigenvalue weighted by Gasteiger charge is 2.40. The van der Waals surface area contributed by atoms with Crippen molar-refractivity contribution in [2.75, 3.05) is 27.2 Å². The van der Waals surface area contributed by atoms with E-state index >= 15 is 0 Å². The van der Waals surface area contributed by atoms with E-state index in [1.807, 2.05) is 42.5 Å². The first-order chi connectivity index (χ1) is 14.6. The van der Waals surface area contributed by atoms with Crippen LogP contribution in [0.5, 0.6) is 5.75 Å². The van der Waals surface area contributed by atoms with Crippen LogP contribution in [-0.4, -0.2) is 46.9 Å². The number of fused-ring (bicyclic) bond motifs is 3. The van der Waals surface area contributed by atoms with Crippen molar-refractivity contribution in [2.45, 2.75) is 18.9 Å². The minimum atomic E-state index is -0.0863. The number of hydrogen-bond donors (Lipinski definition) is 0. The lowest BCUT2D eigenvalue weighted by atomic mass is 9.90. The third kappa shape index (κ3) is 3.35. The molecule has 2 aromatic carbocycles. The maximum Gasteiger partial charge on any atom is 0.258 e. The largest absolute Gasteiger partial charge is 0.489 e. The van der Waals surface area contributed by atoms with Crippen LogP contribution in [0, 0.1) is 0 Å². The second kappa shape index (κ2) is 7.58. The molecule has 30 heavy (non-hydrogen) atoms. The Morgan fingerprint density at radius 1 is 1.10 bits per heavy atom. The van der Waals surface area contributed by atoms with E-state index in [0.29, 0.717) is 18.3 Å². The minimum Gasteiger partial charge on any atom is -0.489 e. The molecule has 3 heterocycles. The van der Waals surface area contributed by atoms with Gasteiger partial charge >= 0.3 is 0 Å². The number of rotatable bonds is 4. The van der Waals surface area contributed by atoms with Crippen LogP contribution in [0.4, 0.5) is 5.69 Å². The molecule has 5 heteroatoms. The molecule has 1 saturated heterocycles. The van der Waals surface area contributed by atoms with Gasteiger partial charge in [0.15, 0.2) is 5.71 Å². The molecule has 2 aliphatic rings. The monoisotopic (exact) mass is 400 g/mol. The lowest BCUT2D eigenvalue weighted by Gasteiger charge is -2.25. The second-order valence-corrected chi connectivity index (χ2v) is 8.20. The molecule has 1 unspecified atom stereocenters. The van der Waals surface area contributed by atoms with Gasteiger partial charge in [-0.3, -0.25) is 9.36 Å². The first-order valence-corrected chi connectivity index (χ1v) is 10.4. The van der Waals surface area contributed by atoms with Crippen LogP contribution in [0.15, 0.2) is 71.7 Å². The first-order valence-electron chi connectivity index (χ1n) is 10.4. The molecular formula is C25H26N3O2+. The summed E-state index contributed by atoms with van der Waals surface area (Å²) in [6, 6.07) is 19.7. The highest BCUT2D eigenvalue weighted by Crippen LogP contribution is 2.38. The Morgan fingerprint density at radius 3 is 2.73 bits per heavy atom. The highest BCUT2D eigenvalue weighted by atomic mass is 16.5. The van der Waals surface area contributed by atoms with Gasteiger partial charge in [-0.15, -0.1) is 0 Å². The molecule has 1 fully saturated rings. The fourth-order valence-electron chi connectivity index (χ4n) is 4.60. The molecule has 0 bridgehead atoms. The predicted octanol–water partition coefficient (Wildman–Crippen LogP) is 3.56. The van der Waals surface area contributed by atoms with Gasteiger partial charge in [0.1, 0.15) is 19.4 Å². The van der Waals surface area contributed by atoms with Crippen molar-refractivity contribution in [3.63, 3.8) is 0 Å². The Hall–Kier alpha value is -3.18. The summed E-state index contributed by atoms with van der Waals surface area (Å²) in [5, 5.41) is 0. The van der Waals surface area contributed by atoms with Crippen LogP contribution in [0.3, 0.4) is 0 Å². The smallest absolute Gasteiger partial charge is 0.258 e. The molecule has 152 valence electrons. The van der Waals surface area contributed by atoms with Gasteiger partial charge in [-0.25, -0.2) is 4.58 Å². The summed E-state index contributed by atoms with van der Waals surface area (Å²) in [5.74, 6) is 0.999. The molecule has 5 rings (SSSR count). The molecule has 0 radical (unpaired) electrons. The molecule has 5 nitrogen and oxygen atoms in total. The van der Waals surface area contributed by atoms with Gasteiger partial charge in [0.2, 0.25) is 5.69 Å². The van der Waals surface area contributed by atoms with Crippen LogP contribution in [-0.2, 0) is 6.61 Å². The fourth-order valence-corrected chi connectivity index (χ4v) is 4.60. The lowest BCUT2D eigenvalue weighted by Crippen LogP contribution is -2.37. The highest BCUT2D eigenvalue weighted by molar-refractivity contribution is 5.93. The van der Waals surface area contributed by atoms with E-state index in [2.05, 4.69) is 35.7 Å². The summed E-state index contributed by atoms with van der Waals surface area (Å²) >= 11 is 0. The van der Waals surface area contributed by atoms with Crippen LogP contribution < -0.4 is 10.3 Å². The number of pyridine rings is 1. The molecule has 1 aromatic heterocycles. The van der Waals surface area contributed by atoms with Crippen LogP contribution in [0.2, 0.25) is 0 Å². The molecule has 0 spiro atoms. The number of benzene rings is 2. The summed E-state index contributed by atoms with van der Waals surface area (Å²) < 4.78 is 9.83. The van der Waals surface area contributed by atoms with E-state index in [0.717, 1.165) is 30.8 Å². The molecule has 3 aromatic rings. The Morgan fingerprint density at radius 2 is 1.93 bits per heavy atom. The molecule has 2 aliphatic heterocycles. The number of aromatic nitrogens is 1. The SMILES string of the molecule is CN1CCC2=[N+](C)c3ccc(-n4ccc(OCc5ccccc5)cc4=O)cc3C2C1. The zero-order valence-electron chi connectivity index (χ0n) is 17.4. The van der Waals surface area contributed by atoms with E-state index in [1.54, 1.807) is 16.8 Å². The normalized spacial score (nSPS) is 18.3. The number of hydrogen-bond acceptors (Lipinski definition) is 3. The quantitative estimate of drug-likeness (QED) is 0.629. The Kier molecular flexibility index (Phi) is 4.75. The molecule has 1 atom stereocenters. The van der Waals surface area contributed by atoms with Crippen LogP contribution >= 0.6 is 0 Å². The van der Waals surface area contributed by atoms with Gasteiger partial charge in [-0.1, -0.05) is 30.3 Å². The first kappa shape index (κ1) is 18.8. The van der Waals surface area contributed by atoms with Gasteiger partial charge in [0.25, 0.3) is 5.56 Å². The molecule has 0 N–H and O–H groups in total. The number of likely N-dealkylation sites (tertiary alicyclic amines) is 1. The maximum atomic E-state index is 12.8. The van der Waals surface area contributed by atoms with Gasteiger partial charge in [-0.05, 0) is 30.8 Å². The maximum absolute atomic E-state index is 12.8. The molecule has 0 amide bonds. The third-order valence-electron chi connectivity index (χ3n) is 6.24. The third-order valence-corrected chi connectivity index (χ3v) is 6.24. The molecule has 0 saturated carbocycles. The van der Waals surface area contributed by atoms with Gasteiger partial charge in [0, 0.05) is 49.1 Å². The van der Waals surface area contributed by atoms with Crippen molar-refractivity contribution in [3.05, 3.63) is 88.3 Å². The van der Waals surface area contributed by atoms with Crippen molar-refractivity contribution in [1.82, 2.24) is 9.47 Å². The second-order valence-electron chi connectivity index (χ2n) is 8.20. The summed E-state index contributed by atoms with van der Waals surface area (Å²) in [5.41, 5.74) is 5.94. The Balaban J connectivity index is 1.41.